The summed E-state index contributed by atoms with van der Waals surface area (Å²) in [5, 5.41) is 21.7. The van der Waals surface area contributed by atoms with E-state index in [2.05, 4.69) is 9.97 Å². The van der Waals surface area contributed by atoms with Crippen molar-refractivity contribution in [1.82, 2.24) is 19.1 Å². The minimum atomic E-state index is -0.533. The number of nitrogens with zero attached hydrogens (tertiary/aromatic N) is 6. The van der Waals surface area contributed by atoms with Crippen molar-refractivity contribution < 1.29 is 9.85 Å². The summed E-state index contributed by atoms with van der Waals surface area (Å²) in [4.78, 5) is 28.4. The Balaban J connectivity index is 2.26. The Labute approximate surface area is 113 Å². The third-order valence-electron chi connectivity index (χ3n) is 2.99. The second-order valence-corrected chi connectivity index (χ2v) is 4.14. The molecule has 0 unspecified atom stereocenters. The van der Waals surface area contributed by atoms with E-state index >= 15 is 0 Å². The first-order valence-electron chi connectivity index (χ1n) is 5.75. The van der Waals surface area contributed by atoms with E-state index in [0.717, 1.165) is 0 Å². The van der Waals surface area contributed by atoms with Crippen LogP contribution in [0, 0.1) is 34.1 Å². The highest BCUT2D eigenvalue weighted by atomic mass is 16.6. The molecule has 20 heavy (non-hydrogen) atoms. The largest absolute Gasteiger partial charge is 0.358 e. The molecule has 0 saturated heterocycles. The molecule has 0 saturated carbocycles. The lowest BCUT2D eigenvalue weighted by Gasteiger charge is -2.04. The molecule has 0 radical (unpaired) electrons. The minimum Gasteiger partial charge on any atom is -0.358 e. The van der Waals surface area contributed by atoms with Crippen molar-refractivity contribution in [2.24, 2.45) is 0 Å². The molecule has 10 nitrogen and oxygen atoms in total. The zero-order valence-electron chi connectivity index (χ0n) is 10.9. The van der Waals surface area contributed by atoms with Gasteiger partial charge in [-0.3, -0.25) is 0 Å². The SMILES string of the molecule is Cc1ncc([N+](=O)[O-])n1CCn1c([N+](=O)[O-])cnc1C. The lowest BCUT2D eigenvalue weighted by atomic mass is 10.5. The quantitative estimate of drug-likeness (QED) is 0.599. The molecule has 0 aromatic carbocycles. The van der Waals surface area contributed by atoms with Crippen molar-refractivity contribution >= 4 is 11.6 Å². The molecule has 0 aliphatic carbocycles. The number of hydrogen-bond acceptors (Lipinski definition) is 6. The summed E-state index contributed by atoms with van der Waals surface area (Å²) in [6, 6.07) is 0. The molecule has 2 aromatic heterocycles. The second-order valence-electron chi connectivity index (χ2n) is 4.14. The van der Waals surface area contributed by atoms with Gasteiger partial charge in [0.25, 0.3) is 0 Å². The molecule has 0 amide bonds. The van der Waals surface area contributed by atoms with Crippen LogP contribution in [0.25, 0.3) is 0 Å². The van der Waals surface area contributed by atoms with Gasteiger partial charge in [0.05, 0.1) is 0 Å². The number of nitro groups is 2. The van der Waals surface area contributed by atoms with E-state index in [1.165, 1.54) is 21.5 Å². The fourth-order valence-corrected chi connectivity index (χ4v) is 1.96. The summed E-state index contributed by atoms with van der Waals surface area (Å²) in [7, 11) is 0. The van der Waals surface area contributed by atoms with Crippen LogP contribution in [0.1, 0.15) is 11.6 Å². The van der Waals surface area contributed by atoms with Crippen LogP contribution in [0.3, 0.4) is 0 Å². The smallest absolute Gasteiger partial charge is 0.342 e. The van der Waals surface area contributed by atoms with Gasteiger partial charge in [0.1, 0.15) is 25.5 Å². The molecule has 106 valence electrons. The maximum Gasteiger partial charge on any atom is 0.342 e. The topological polar surface area (TPSA) is 122 Å². The molecule has 0 aliphatic rings. The van der Waals surface area contributed by atoms with Crippen molar-refractivity contribution in [3.63, 3.8) is 0 Å². The van der Waals surface area contributed by atoms with Gasteiger partial charge in [0.15, 0.2) is 11.6 Å². The highest BCUT2D eigenvalue weighted by Crippen LogP contribution is 2.17. The molecule has 2 rings (SSSR count). The van der Waals surface area contributed by atoms with E-state index in [1.54, 1.807) is 13.8 Å². The average molecular weight is 280 g/mol. The molecule has 0 atom stereocenters. The number of aryl methyl sites for hydroxylation is 2. The minimum absolute atomic E-state index is 0.136. The van der Waals surface area contributed by atoms with E-state index in [1.807, 2.05) is 0 Å². The van der Waals surface area contributed by atoms with Gasteiger partial charge in [-0.25, -0.2) is 19.1 Å². The van der Waals surface area contributed by atoms with E-state index < -0.39 is 9.85 Å². The standard InChI is InChI=1S/C10H12N6O4/c1-7-11-5-9(15(17)18)13(7)3-4-14-8(2)12-6-10(14)16(19)20/h5-6H,3-4H2,1-2H3. The van der Waals surface area contributed by atoms with Crippen LogP contribution in [0.5, 0.6) is 0 Å². The Morgan fingerprint density at radius 3 is 1.60 bits per heavy atom. The number of imidazole rings is 2. The molecular weight excluding hydrogens is 268 g/mol. The summed E-state index contributed by atoms with van der Waals surface area (Å²) in [6.45, 7) is 3.70. The van der Waals surface area contributed by atoms with E-state index in [-0.39, 0.29) is 24.7 Å². The maximum absolute atomic E-state index is 10.9. The van der Waals surface area contributed by atoms with Gasteiger partial charge in [-0.05, 0) is 9.85 Å². The predicted octanol–water partition coefficient (Wildman–Crippen LogP) is 1.21. The van der Waals surface area contributed by atoms with Crippen molar-refractivity contribution in [2.45, 2.75) is 26.9 Å². The first-order chi connectivity index (χ1) is 9.41. The highest BCUT2D eigenvalue weighted by Gasteiger charge is 2.21. The summed E-state index contributed by atoms with van der Waals surface area (Å²) in [5.41, 5.74) is 0. The molecule has 10 heteroatoms. The first-order valence-corrected chi connectivity index (χ1v) is 5.75. The van der Waals surface area contributed by atoms with E-state index in [9.17, 15) is 20.2 Å². The Morgan fingerprint density at radius 2 is 1.30 bits per heavy atom. The van der Waals surface area contributed by atoms with Crippen LogP contribution < -0.4 is 0 Å². The zero-order valence-corrected chi connectivity index (χ0v) is 10.9. The Kier molecular flexibility index (Phi) is 3.46. The highest BCUT2D eigenvalue weighted by molar-refractivity contribution is 5.20. The Bertz CT molecular complexity index is 615. The third kappa shape index (κ3) is 2.35. The van der Waals surface area contributed by atoms with Gasteiger partial charge in [0.2, 0.25) is 0 Å². The number of aromatic nitrogens is 4. The van der Waals surface area contributed by atoms with Gasteiger partial charge >= 0.3 is 11.6 Å². The van der Waals surface area contributed by atoms with Crippen molar-refractivity contribution in [1.29, 1.82) is 0 Å². The average Bonchev–Trinajstić information content (AvgIpc) is 2.90. The lowest BCUT2D eigenvalue weighted by molar-refractivity contribution is -0.393. The lowest BCUT2D eigenvalue weighted by Crippen LogP contribution is -2.13. The van der Waals surface area contributed by atoms with Gasteiger partial charge < -0.3 is 20.2 Å². The molecule has 0 bridgehead atoms. The zero-order chi connectivity index (χ0) is 14.9. The van der Waals surface area contributed by atoms with E-state index in [4.69, 9.17) is 0 Å². The van der Waals surface area contributed by atoms with Crippen LogP contribution in [0.15, 0.2) is 12.4 Å². The van der Waals surface area contributed by atoms with Crippen LogP contribution in [-0.2, 0) is 13.1 Å². The van der Waals surface area contributed by atoms with Crippen molar-refractivity contribution in [3.8, 4) is 0 Å². The monoisotopic (exact) mass is 280 g/mol. The molecule has 0 spiro atoms. The summed E-state index contributed by atoms with van der Waals surface area (Å²) >= 11 is 0. The Hall–Kier alpha value is -2.78. The van der Waals surface area contributed by atoms with Gasteiger partial charge in [-0.1, -0.05) is 0 Å². The molecule has 0 aliphatic heterocycles. The van der Waals surface area contributed by atoms with Gasteiger partial charge in [-0.2, -0.15) is 0 Å². The molecule has 0 N–H and O–H groups in total. The van der Waals surface area contributed by atoms with Crippen LogP contribution in [-0.4, -0.2) is 28.9 Å². The van der Waals surface area contributed by atoms with Crippen LogP contribution in [0.4, 0.5) is 11.6 Å². The van der Waals surface area contributed by atoms with Gasteiger partial charge in [-0.15, -0.1) is 0 Å². The molecule has 2 heterocycles. The summed E-state index contributed by atoms with van der Waals surface area (Å²) < 4.78 is 2.81. The second kappa shape index (κ2) is 5.07. The Morgan fingerprint density at radius 1 is 0.950 bits per heavy atom. The summed E-state index contributed by atoms with van der Waals surface area (Å²) in [5.74, 6) is 0.695. The molecule has 0 fully saturated rings. The summed E-state index contributed by atoms with van der Waals surface area (Å²) in [6.07, 6.45) is 2.34. The van der Waals surface area contributed by atoms with Crippen LogP contribution >= 0.6 is 0 Å². The van der Waals surface area contributed by atoms with E-state index in [0.29, 0.717) is 11.6 Å². The first kappa shape index (κ1) is 13.6. The fourth-order valence-electron chi connectivity index (χ4n) is 1.96. The van der Waals surface area contributed by atoms with Crippen LogP contribution in [0.2, 0.25) is 0 Å². The third-order valence-corrected chi connectivity index (χ3v) is 2.99. The van der Waals surface area contributed by atoms with Crippen molar-refractivity contribution in [3.05, 3.63) is 44.3 Å². The van der Waals surface area contributed by atoms with Crippen molar-refractivity contribution in [2.75, 3.05) is 0 Å². The molecular formula is C10H12N6O4. The molecule has 2 aromatic rings. The fraction of sp³-hybridized carbons (Fsp3) is 0.400. The normalized spacial score (nSPS) is 10.7. The number of rotatable bonds is 5. The number of hydrogen-bond donors (Lipinski definition) is 0. The predicted molar refractivity (Wildman–Crippen MR) is 67.2 cm³/mol. The maximum atomic E-state index is 10.9. The van der Waals surface area contributed by atoms with Gasteiger partial charge in [0, 0.05) is 13.8 Å².